The third-order valence-electron chi connectivity index (χ3n) is 7.30. The first-order chi connectivity index (χ1) is 21.7. The molecule has 7 heterocycles. The van der Waals surface area contributed by atoms with Crippen LogP contribution in [-0.4, -0.2) is 93.9 Å². The molecule has 248 valence electrons. The van der Waals surface area contributed by atoms with Crippen molar-refractivity contribution in [2.75, 3.05) is 24.7 Å². The number of nitrogens with one attached hydrogen (secondary N) is 2. The number of nitrogen functional groups attached to an aromatic ring is 2. The van der Waals surface area contributed by atoms with Gasteiger partial charge in [-0.15, -0.1) is 0 Å². The molecule has 0 amide bonds. The molecule has 0 spiro atoms. The molecule has 26 heteroatoms. The second-order valence-corrected chi connectivity index (χ2v) is 15.9. The Morgan fingerprint density at radius 3 is 1.85 bits per heavy atom. The van der Waals surface area contributed by atoms with E-state index in [2.05, 4.69) is 42.2 Å². The monoisotopic (exact) mass is 726 g/mol. The maximum atomic E-state index is 16.0. The lowest BCUT2D eigenvalue weighted by molar-refractivity contribution is -0.0564. The van der Waals surface area contributed by atoms with Crippen LogP contribution in [0.3, 0.4) is 0 Å². The first-order valence-electron chi connectivity index (χ1n) is 13.1. The molecule has 0 saturated carbocycles. The van der Waals surface area contributed by atoms with E-state index < -0.39 is 87.1 Å². The fourth-order valence-electron chi connectivity index (χ4n) is 5.32. The summed E-state index contributed by atoms with van der Waals surface area (Å²) in [5.74, 6) is -0.552. The van der Waals surface area contributed by atoms with Crippen LogP contribution in [0.15, 0.2) is 22.2 Å². The lowest BCUT2D eigenvalue weighted by Crippen LogP contribution is -2.37. The van der Waals surface area contributed by atoms with Crippen molar-refractivity contribution >= 4 is 71.8 Å². The summed E-state index contributed by atoms with van der Waals surface area (Å²) >= 11 is 9.07. The average Bonchev–Trinajstić information content (AvgIpc) is 3.72. The number of aromatic nitrogens is 8. The molecule has 46 heavy (non-hydrogen) atoms. The third kappa shape index (κ3) is 5.56. The van der Waals surface area contributed by atoms with Gasteiger partial charge in [0, 0.05) is 0 Å². The molecule has 20 nitrogen and oxygen atoms in total. The zero-order valence-corrected chi connectivity index (χ0v) is 26.2. The molecule has 3 saturated heterocycles. The van der Waals surface area contributed by atoms with Crippen molar-refractivity contribution in [3.8, 4) is 0 Å². The van der Waals surface area contributed by atoms with E-state index in [0.29, 0.717) is 0 Å². The number of hydrogen-bond donors (Lipinski definition) is 6. The fraction of sp³-hybridized carbons (Fsp3) is 0.500. The molecule has 4 aromatic rings. The summed E-state index contributed by atoms with van der Waals surface area (Å²) in [5.41, 5.74) is 9.28. The van der Waals surface area contributed by atoms with Gasteiger partial charge in [0.2, 0.25) is 11.9 Å². The molecular weight excluding hydrogens is 704 g/mol. The number of nitrogens with two attached hydrogens (primary N) is 2. The normalized spacial score (nSPS) is 37.1. The van der Waals surface area contributed by atoms with Crippen LogP contribution in [0.5, 0.6) is 0 Å². The van der Waals surface area contributed by atoms with Crippen LogP contribution in [0.25, 0.3) is 22.3 Å². The van der Waals surface area contributed by atoms with E-state index >= 15 is 8.78 Å². The predicted molar refractivity (Wildman–Crippen MR) is 157 cm³/mol. The molecule has 3 aliphatic heterocycles. The quantitative estimate of drug-likeness (QED) is 0.117. The summed E-state index contributed by atoms with van der Waals surface area (Å²) in [6.45, 7) is -10.2. The second kappa shape index (κ2) is 11.4. The number of anilines is 2. The highest BCUT2D eigenvalue weighted by atomic mass is 32.7. The molecule has 3 unspecified atom stereocenters. The smallest absolute Gasteiger partial charge is 0.369 e. The van der Waals surface area contributed by atoms with Crippen LogP contribution >= 0.6 is 25.8 Å². The Morgan fingerprint density at radius 1 is 0.891 bits per heavy atom. The van der Waals surface area contributed by atoms with Gasteiger partial charge >= 0.3 is 13.5 Å². The Hall–Kier alpha value is -2.89. The van der Waals surface area contributed by atoms with E-state index in [1.54, 1.807) is 0 Å². The topological polar surface area (TPSA) is 272 Å². The van der Waals surface area contributed by atoms with E-state index in [1.165, 1.54) is 0 Å². The number of nitrogens with zero attached hydrogens (tertiary/aromatic N) is 6. The van der Waals surface area contributed by atoms with Gasteiger partial charge in [-0.05, 0) is 11.8 Å². The number of imidazole rings is 2. The highest BCUT2D eigenvalue weighted by Crippen LogP contribution is 2.58. The minimum absolute atomic E-state index is 0.128. The fourth-order valence-corrected chi connectivity index (χ4v) is 8.24. The lowest BCUT2D eigenvalue weighted by Gasteiger charge is -2.29. The van der Waals surface area contributed by atoms with Gasteiger partial charge in [0.25, 0.3) is 11.1 Å². The maximum Gasteiger partial charge on any atom is 0.386 e. The van der Waals surface area contributed by atoms with Crippen LogP contribution in [0, 0.1) is 0 Å². The number of aromatic amines is 2. The van der Waals surface area contributed by atoms with Crippen LogP contribution in [-0.2, 0) is 43.9 Å². The number of ether oxygens (including phenoxy) is 2. The number of H-pyrrole nitrogens is 2. The second-order valence-electron chi connectivity index (χ2n) is 10.2. The predicted octanol–water partition coefficient (Wildman–Crippen LogP) is -0.0399. The molecule has 4 aromatic heterocycles. The molecule has 0 aliphatic carbocycles. The number of halogens is 2. The molecule has 7 rings (SSSR count). The first kappa shape index (κ1) is 31.7. The van der Waals surface area contributed by atoms with Crippen molar-refractivity contribution < 1.29 is 45.8 Å². The van der Waals surface area contributed by atoms with Gasteiger partial charge in [0.1, 0.15) is 24.4 Å². The van der Waals surface area contributed by atoms with Crippen molar-refractivity contribution in [3.63, 3.8) is 0 Å². The van der Waals surface area contributed by atoms with E-state index in [0.717, 1.165) is 21.8 Å². The van der Waals surface area contributed by atoms with Gasteiger partial charge in [0.15, 0.2) is 47.1 Å². The summed E-state index contributed by atoms with van der Waals surface area (Å²) < 4.78 is 80.8. The van der Waals surface area contributed by atoms with Crippen LogP contribution in [0.1, 0.15) is 12.5 Å². The third-order valence-corrected chi connectivity index (χ3v) is 10.5. The minimum atomic E-state index is -4.47. The Kier molecular flexibility index (Phi) is 7.84. The molecule has 3 fully saturated rings. The number of hydrogen-bond acceptors (Lipinski definition) is 16. The summed E-state index contributed by atoms with van der Waals surface area (Å²) in [6, 6.07) is 0. The van der Waals surface area contributed by atoms with E-state index in [-0.39, 0.29) is 34.2 Å². The molecule has 0 radical (unpaired) electrons. The van der Waals surface area contributed by atoms with E-state index in [4.69, 9.17) is 50.8 Å². The molecule has 0 aromatic carbocycles. The SMILES string of the molecule is Nc1nc2c(ncn2[C@@H]2O[C@@H]3COP(O)(=S)O[C@@H]4C(COP(=O)(S)O[C@H]3[C@H]2F)O[C@@H](n2cnc3c(=O)[nH]c(N)nc32)[C@@H]4F)c(=O)[nH]1. The average molecular weight is 727 g/mol. The maximum absolute atomic E-state index is 16.0. The number of alkyl halides is 2. The van der Waals surface area contributed by atoms with Crippen molar-refractivity contribution in [2.24, 2.45) is 0 Å². The van der Waals surface area contributed by atoms with E-state index in [1.807, 2.05) is 0 Å². The number of thiol groups is 1. The molecule has 10 atom stereocenters. The molecular formula is C20H22F2N10O10P2S2. The summed E-state index contributed by atoms with van der Waals surface area (Å²) in [6.07, 6.45) is -11.5. The van der Waals surface area contributed by atoms with Crippen LogP contribution in [0.2, 0.25) is 0 Å². The first-order valence-corrected chi connectivity index (χ1v) is 18.3. The highest BCUT2D eigenvalue weighted by molar-refractivity contribution is 8.44. The highest BCUT2D eigenvalue weighted by Gasteiger charge is 2.54. The standard InChI is InChI=1S/C20H22F2N10O10P2S2/c21-7-11-5(39-17(7)31-3-25-9-13(31)27-19(23)29-15(9)33)1-37-43(35,45)42-12-6(2-38-44(36,46)41-11)40-18(8(12)22)32-4-26-10-14(32)28-20(24)30-16(10)34/h3-8,11-12,17-18H,1-2H2,(H,35,45)(H,36,46)(H3,23,27,29,33)(H3,24,28,30,34)/t5-,6?,7-,8-,11-,12-,17-,18-,43?,44?/m1/s1. The van der Waals surface area contributed by atoms with Crippen molar-refractivity contribution in [3.05, 3.63) is 33.4 Å². The summed E-state index contributed by atoms with van der Waals surface area (Å²) in [5, 5.41) is 0. The van der Waals surface area contributed by atoms with Gasteiger partial charge < -0.3 is 30.4 Å². The summed E-state index contributed by atoms with van der Waals surface area (Å²) in [4.78, 5) is 55.7. The van der Waals surface area contributed by atoms with E-state index in [9.17, 15) is 19.0 Å². The van der Waals surface area contributed by atoms with Crippen LogP contribution < -0.4 is 22.6 Å². The summed E-state index contributed by atoms with van der Waals surface area (Å²) in [7, 11) is 0. The number of fused-ring (bicyclic) bond motifs is 4. The van der Waals surface area contributed by atoms with Crippen LogP contribution in [0.4, 0.5) is 20.7 Å². The lowest BCUT2D eigenvalue weighted by atomic mass is 10.1. The van der Waals surface area contributed by atoms with Gasteiger partial charge in [0.05, 0.1) is 25.9 Å². The largest absolute Gasteiger partial charge is 0.386 e. The van der Waals surface area contributed by atoms with Gasteiger partial charge in [-0.1, -0.05) is 12.2 Å². The zero-order chi connectivity index (χ0) is 32.7. The van der Waals surface area contributed by atoms with Gasteiger partial charge in [-0.2, -0.15) is 9.97 Å². The Bertz CT molecular complexity index is 1920. The van der Waals surface area contributed by atoms with Crippen molar-refractivity contribution in [1.29, 1.82) is 0 Å². The molecule has 0 bridgehead atoms. The Balaban J connectivity index is 1.18. The Labute approximate surface area is 263 Å². The van der Waals surface area contributed by atoms with Gasteiger partial charge in [-0.25, -0.2) is 23.3 Å². The van der Waals surface area contributed by atoms with Gasteiger partial charge in [-0.3, -0.25) is 42.3 Å². The minimum Gasteiger partial charge on any atom is -0.369 e. The number of rotatable bonds is 2. The molecule has 7 N–H and O–H groups in total. The zero-order valence-electron chi connectivity index (χ0n) is 22.7. The Morgan fingerprint density at radius 2 is 1.35 bits per heavy atom. The van der Waals surface area contributed by atoms with Crippen molar-refractivity contribution in [1.82, 2.24) is 39.0 Å². The molecule has 3 aliphatic rings. The van der Waals surface area contributed by atoms with Crippen molar-refractivity contribution in [2.45, 2.75) is 49.2 Å².